The first-order valence-electron chi connectivity index (χ1n) is 8.14. The molecule has 130 valence electrons. The van der Waals surface area contributed by atoms with E-state index in [4.69, 9.17) is 14.2 Å². The van der Waals surface area contributed by atoms with E-state index in [9.17, 15) is 4.79 Å². The zero-order valence-corrected chi connectivity index (χ0v) is 14.3. The lowest BCUT2D eigenvalue weighted by Gasteiger charge is -2.36. The molecule has 24 heavy (non-hydrogen) atoms. The van der Waals surface area contributed by atoms with Crippen molar-refractivity contribution in [3.8, 4) is 0 Å². The molecule has 1 aromatic heterocycles. The summed E-state index contributed by atoms with van der Waals surface area (Å²) in [5.74, 6) is -0.0660. The minimum atomic E-state index is -0.125. The van der Waals surface area contributed by atoms with Crippen LogP contribution in [0.25, 0.3) is 10.9 Å². The molecule has 2 heterocycles. The van der Waals surface area contributed by atoms with Gasteiger partial charge in [-0.3, -0.25) is 4.79 Å². The maximum atomic E-state index is 12.5. The Kier molecular flexibility index (Phi) is 5.18. The molecule has 1 aromatic carbocycles. The fourth-order valence-corrected chi connectivity index (χ4v) is 3.30. The second kappa shape index (κ2) is 7.34. The minimum absolute atomic E-state index is 0.0590. The first-order chi connectivity index (χ1) is 11.6. The van der Waals surface area contributed by atoms with E-state index < -0.39 is 0 Å². The number of amides is 1. The summed E-state index contributed by atoms with van der Waals surface area (Å²) >= 11 is 0. The quantitative estimate of drug-likeness (QED) is 0.877. The van der Waals surface area contributed by atoms with Crippen molar-refractivity contribution in [1.29, 1.82) is 0 Å². The molecule has 1 saturated heterocycles. The number of aromatic amines is 1. The second-order valence-corrected chi connectivity index (χ2v) is 6.20. The standard InChI is InChI=1S/C18H24N2O4/c1-11-5-4-6-14-13(11)7-15(20-14)18(21)19-8-12-9-24-10-16(22-2)17(12)23-3/h4-7,12,16-17,20H,8-10H2,1-3H3,(H,19,21)/t12-,16-,17+/m1/s1. The highest BCUT2D eigenvalue weighted by Crippen LogP contribution is 2.21. The van der Waals surface area contributed by atoms with Gasteiger partial charge in [0, 0.05) is 37.6 Å². The highest BCUT2D eigenvalue weighted by atomic mass is 16.6. The van der Waals surface area contributed by atoms with E-state index >= 15 is 0 Å². The molecule has 0 unspecified atom stereocenters. The van der Waals surface area contributed by atoms with Crippen LogP contribution in [0.1, 0.15) is 16.1 Å². The second-order valence-electron chi connectivity index (χ2n) is 6.20. The summed E-state index contributed by atoms with van der Waals surface area (Å²) in [4.78, 5) is 15.6. The molecule has 3 atom stereocenters. The molecule has 2 N–H and O–H groups in total. The largest absolute Gasteiger partial charge is 0.378 e. The van der Waals surface area contributed by atoms with Gasteiger partial charge < -0.3 is 24.5 Å². The fraction of sp³-hybridized carbons (Fsp3) is 0.500. The number of rotatable bonds is 5. The van der Waals surface area contributed by atoms with Crippen LogP contribution in [-0.4, -0.2) is 57.1 Å². The summed E-state index contributed by atoms with van der Waals surface area (Å²) in [5.41, 5.74) is 2.68. The Morgan fingerprint density at radius 3 is 2.88 bits per heavy atom. The highest BCUT2D eigenvalue weighted by molar-refractivity contribution is 5.98. The summed E-state index contributed by atoms with van der Waals surface area (Å²) in [7, 11) is 3.31. The zero-order valence-electron chi connectivity index (χ0n) is 14.3. The molecule has 2 aromatic rings. The van der Waals surface area contributed by atoms with E-state index in [-0.39, 0.29) is 24.0 Å². The molecule has 6 nitrogen and oxygen atoms in total. The van der Waals surface area contributed by atoms with E-state index in [1.165, 1.54) is 0 Å². The first-order valence-corrected chi connectivity index (χ1v) is 8.14. The van der Waals surface area contributed by atoms with Gasteiger partial charge in [0.2, 0.25) is 0 Å². The van der Waals surface area contributed by atoms with Crippen molar-refractivity contribution in [3.05, 3.63) is 35.5 Å². The van der Waals surface area contributed by atoms with Gasteiger partial charge in [-0.05, 0) is 24.6 Å². The van der Waals surface area contributed by atoms with Crippen molar-refractivity contribution in [3.63, 3.8) is 0 Å². The van der Waals surface area contributed by atoms with E-state index in [0.717, 1.165) is 16.5 Å². The number of aromatic nitrogens is 1. The molecule has 0 spiro atoms. The minimum Gasteiger partial charge on any atom is -0.378 e. The lowest BCUT2D eigenvalue weighted by atomic mass is 9.96. The molecule has 0 aliphatic carbocycles. The third-order valence-electron chi connectivity index (χ3n) is 4.67. The van der Waals surface area contributed by atoms with Gasteiger partial charge in [-0.25, -0.2) is 0 Å². The molecule has 1 amide bonds. The van der Waals surface area contributed by atoms with Crippen LogP contribution in [-0.2, 0) is 14.2 Å². The SMILES string of the molecule is CO[C@H]1[C@H](CNC(=O)c2cc3c(C)cccc3[nH]2)COC[C@H]1OC. The number of hydrogen-bond donors (Lipinski definition) is 2. The topological polar surface area (TPSA) is 72.6 Å². The predicted molar refractivity (Wildman–Crippen MR) is 91.3 cm³/mol. The summed E-state index contributed by atoms with van der Waals surface area (Å²) < 4.78 is 16.5. The Morgan fingerprint density at radius 2 is 2.17 bits per heavy atom. The number of fused-ring (bicyclic) bond motifs is 1. The van der Waals surface area contributed by atoms with Crippen molar-refractivity contribution in [2.24, 2.45) is 5.92 Å². The van der Waals surface area contributed by atoms with Crippen LogP contribution < -0.4 is 5.32 Å². The number of H-pyrrole nitrogens is 1. The lowest BCUT2D eigenvalue weighted by molar-refractivity contribution is -0.145. The van der Waals surface area contributed by atoms with Gasteiger partial charge in [0.1, 0.15) is 11.8 Å². The Labute approximate surface area is 141 Å². The van der Waals surface area contributed by atoms with Crippen LogP contribution in [0.2, 0.25) is 0 Å². The van der Waals surface area contributed by atoms with Gasteiger partial charge in [-0.1, -0.05) is 12.1 Å². The van der Waals surface area contributed by atoms with Crippen LogP contribution in [0.5, 0.6) is 0 Å². The van der Waals surface area contributed by atoms with Gasteiger partial charge >= 0.3 is 0 Å². The number of benzene rings is 1. The lowest BCUT2D eigenvalue weighted by Crippen LogP contribution is -2.50. The fourth-order valence-electron chi connectivity index (χ4n) is 3.30. The van der Waals surface area contributed by atoms with Crippen LogP contribution >= 0.6 is 0 Å². The van der Waals surface area contributed by atoms with E-state index in [0.29, 0.717) is 25.5 Å². The monoisotopic (exact) mass is 332 g/mol. The molecule has 0 radical (unpaired) electrons. The average molecular weight is 332 g/mol. The molecule has 1 aliphatic heterocycles. The van der Waals surface area contributed by atoms with Crippen molar-refractivity contribution >= 4 is 16.8 Å². The number of carbonyl (C=O) groups is 1. The Morgan fingerprint density at radius 1 is 1.33 bits per heavy atom. The number of ether oxygens (including phenoxy) is 3. The Balaban J connectivity index is 1.66. The Bertz CT molecular complexity index is 712. The van der Waals surface area contributed by atoms with Crippen LogP contribution in [0.15, 0.2) is 24.3 Å². The van der Waals surface area contributed by atoms with Crippen LogP contribution in [0.4, 0.5) is 0 Å². The summed E-state index contributed by atoms with van der Waals surface area (Å²) in [5, 5.41) is 4.04. The number of nitrogens with one attached hydrogen (secondary N) is 2. The number of aryl methyl sites for hydroxylation is 1. The average Bonchev–Trinajstić information content (AvgIpc) is 3.05. The smallest absolute Gasteiger partial charge is 0.267 e. The van der Waals surface area contributed by atoms with Crippen LogP contribution in [0.3, 0.4) is 0 Å². The van der Waals surface area contributed by atoms with Gasteiger partial charge in [0.25, 0.3) is 5.91 Å². The normalized spacial score (nSPS) is 24.2. The maximum absolute atomic E-state index is 12.5. The van der Waals surface area contributed by atoms with Crippen molar-refractivity contribution < 1.29 is 19.0 Å². The van der Waals surface area contributed by atoms with Gasteiger partial charge in [0.15, 0.2) is 0 Å². The maximum Gasteiger partial charge on any atom is 0.267 e. The van der Waals surface area contributed by atoms with E-state index in [2.05, 4.69) is 10.3 Å². The van der Waals surface area contributed by atoms with E-state index in [1.807, 2.05) is 31.2 Å². The van der Waals surface area contributed by atoms with E-state index in [1.54, 1.807) is 14.2 Å². The predicted octanol–water partition coefficient (Wildman–Crippen LogP) is 1.88. The molecule has 3 rings (SSSR count). The van der Waals surface area contributed by atoms with Crippen molar-refractivity contribution in [2.75, 3.05) is 34.0 Å². The van der Waals surface area contributed by atoms with Crippen molar-refractivity contribution in [2.45, 2.75) is 19.1 Å². The number of hydrogen-bond acceptors (Lipinski definition) is 4. The van der Waals surface area contributed by atoms with Gasteiger partial charge in [-0.2, -0.15) is 0 Å². The third kappa shape index (κ3) is 3.31. The number of methoxy groups -OCH3 is 2. The molecule has 6 heteroatoms. The summed E-state index contributed by atoms with van der Waals surface area (Å²) in [6.07, 6.45) is -0.199. The Hall–Kier alpha value is -1.89. The van der Waals surface area contributed by atoms with Crippen molar-refractivity contribution in [1.82, 2.24) is 10.3 Å². The molecule has 0 saturated carbocycles. The molecular formula is C18H24N2O4. The third-order valence-corrected chi connectivity index (χ3v) is 4.67. The molecule has 1 fully saturated rings. The summed E-state index contributed by atoms with van der Waals surface area (Å²) in [6, 6.07) is 7.87. The van der Waals surface area contributed by atoms with Gasteiger partial charge in [0.05, 0.1) is 19.3 Å². The first kappa shape index (κ1) is 17.0. The summed E-state index contributed by atoms with van der Waals surface area (Å²) in [6.45, 7) is 3.57. The molecule has 1 aliphatic rings. The zero-order chi connectivity index (χ0) is 17.1. The van der Waals surface area contributed by atoms with Crippen LogP contribution in [0, 0.1) is 12.8 Å². The highest BCUT2D eigenvalue weighted by Gasteiger charge is 2.34. The van der Waals surface area contributed by atoms with Gasteiger partial charge in [-0.15, -0.1) is 0 Å². The number of carbonyl (C=O) groups excluding carboxylic acids is 1. The molecule has 0 bridgehead atoms. The molecular weight excluding hydrogens is 308 g/mol.